The van der Waals surface area contributed by atoms with E-state index < -0.39 is 5.60 Å². The van der Waals surface area contributed by atoms with Gasteiger partial charge in [0.2, 0.25) is 0 Å². The van der Waals surface area contributed by atoms with E-state index in [0.717, 1.165) is 5.56 Å². The minimum absolute atomic E-state index is 0.389. The maximum atomic E-state index is 10.6. The van der Waals surface area contributed by atoms with Crippen molar-refractivity contribution in [3.63, 3.8) is 0 Å². The number of hydrogen-bond acceptors (Lipinski definition) is 3. The van der Waals surface area contributed by atoms with Crippen LogP contribution in [0.4, 0.5) is 0 Å². The van der Waals surface area contributed by atoms with Gasteiger partial charge in [0.05, 0.1) is 25.4 Å². The molecule has 3 nitrogen and oxygen atoms in total. The Labute approximate surface area is 103 Å². The first-order valence-corrected chi connectivity index (χ1v) is 5.86. The third-order valence-electron chi connectivity index (χ3n) is 2.77. The van der Waals surface area contributed by atoms with E-state index in [1.165, 1.54) is 0 Å². The number of hydrogen-bond donors (Lipinski definition) is 1. The number of methoxy groups -OCH3 is 2. The lowest BCUT2D eigenvalue weighted by molar-refractivity contribution is 0.0302. The molecule has 0 radical (unpaired) electrons. The number of aliphatic hydroxyl groups is 1. The van der Waals surface area contributed by atoms with Gasteiger partial charge in [0.1, 0.15) is 11.5 Å². The van der Waals surface area contributed by atoms with Crippen LogP contribution in [0.2, 0.25) is 0 Å². The Bertz CT molecular complexity index is 347. The topological polar surface area (TPSA) is 38.7 Å². The third kappa shape index (κ3) is 3.13. The van der Waals surface area contributed by atoms with E-state index in [0.29, 0.717) is 23.8 Å². The fourth-order valence-corrected chi connectivity index (χ4v) is 2.28. The van der Waals surface area contributed by atoms with Crippen molar-refractivity contribution in [2.75, 3.05) is 14.2 Å². The lowest BCUT2D eigenvalue weighted by atomic mass is 9.86. The average Bonchev–Trinajstić information content (AvgIpc) is 2.26. The Hall–Kier alpha value is -1.22. The Morgan fingerprint density at radius 1 is 1.18 bits per heavy atom. The molecule has 1 aromatic rings. The Balaban J connectivity index is 3.26. The van der Waals surface area contributed by atoms with Gasteiger partial charge in [0.15, 0.2) is 0 Å². The highest BCUT2D eigenvalue weighted by molar-refractivity contribution is 5.48. The number of benzene rings is 1. The van der Waals surface area contributed by atoms with Gasteiger partial charge in [0.25, 0.3) is 0 Å². The minimum Gasteiger partial charge on any atom is -0.496 e. The molecule has 0 saturated heterocycles. The first-order chi connectivity index (χ1) is 7.92. The summed E-state index contributed by atoms with van der Waals surface area (Å²) in [5.41, 5.74) is -0.231. The van der Waals surface area contributed by atoms with Crippen LogP contribution in [0.15, 0.2) is 18.2 Å². The molecular formula is C14H22O3. The summed E-state index contributed by atoms with van der Waals surface area (Å²) in [5.74, 6) is 1.71. The van der Waals surface area contributed by atoms with Gasteiger partial charge in [0, 0.05) is 0 Å². The minimum atomic E-state index is -0.952. The van der Waals surface area contributed by atoms with Crippen molar-refractivity contribution in [2.24, 2.45) is 5.92 Å². The molecular weight excluding hydrogens is 216 g/mol. The molecule has 1 aromatic carbocycles. The summed E-state index contributed by atoms with van der Waals surface area (Å²) in [7, 11) is 3.20. The van der Waals surface area contributed by atoms with Gasteiger partial charge in [-0.1, -0.05) is 19.9 Å². The Kier molecular flexibility index (Phi) is 4.40. The lowest BCUT2D eigenvalue weighted by Crippen LogP contribution is -2.25. The fourth-order valence-electron chi connectivity index (χ4n) is 2.28. The molecule has 0 fully saturated rings. The van der Waals surface area contributed by atoms with Crippen LogP contribution in [0.5, 0.6) is 11.5 Å². The van der Waals surface area contributed by atoms with Crippen LogP contribution in [0.25, 0.3) is 0 Å². The molecule has 96 valence electrons. The normalized spacial score (nSPS) is 14.5. The van der Waals surface area contributed by atoms with Crippen molar-refractivity contribution in [1.82, 2.24) is 0 Å². The molecule has 0 aliphatic carbocycles. The van der Waals surface area contributed by atoms with Gasteiger partial charge in [-0.3, -0.25) is 0 Å². The van der Waals surface area contributed by atoms with Crippen molar-refractivity contribution in [3.8, 4) is 11.5 Å². The SMILES string of the molecule is COc1cccc(OC)c1C(C)(O)CC(C)C. The standard InChI is InChI=1S/C14H22O3/c1-10(2)9-14(3,15)13-11(16-4)7-6-8-12(13)17-5/h6-8,10,15H,9H2,1-5H3. The summed E-state index contributed by atoms with van der Waals surface area (Å²) in [6, 6.07) is 5.53. The molecule has 0 spiro atoms. The molecule has 1 atom stereocenters. The van der Waals surface area contributed by atoms with Gasteiger partial charge in [-0.05, 0) is 31.4 Å². The fraction of sp³-hybridized carbons (Fsp3) is 0.571. The van der Waals surface area contributed by atoms with Crippen molar-refractivity contribution < 1.29 is 14.6 Å². The molecule has 3 heteroatoms. The van der Waals surface area contributed by atoms with Crippen LogP contribution in [0, 0.1) is 5.92 Å². The summed E-state index contributed by atoms with van der Waals surface area (Å²) in [4.78, 5) is 0. The van der Waals surface area contributed by atoms with Crippen molar-refractivity contribution >= 4 is 0 Å². The molecule has 1 N–H and O–H groups in total. The quantitative estimate of drug-likeness (QED) is 0.857. The second kappa shape index (κ2) is 5.41. The molecule has 0 aromatic heterocycles. The Morgan fingerprint density at radius 2 is 1.65 bits per heavy atom. The predicted molar refractivity (Wildman–Crippen MR) is 68.6 cm³/mol. The zero-order valence-electron chi connectivity index (χ0n) is 11.3. The molecule has 0 amide bonds. The smallest absolute Gasteiger partial charge is 0.128 e. The zero-order chi connectivity index (χ0) is 13.1. The van der Waals surface area contributed by atoms with E-state index in [4.69, 9.17) is 9.47 Å². The highest BCUT2D eigenvalue weighted by Crippen LogP contribution is 2.40. The van der Waals surface area contributed by atoms with Crippen LogP contribution in [-0.2, 0) is 5.60 Å². The second-order valence-electron chi connectivity index (χ2n) is 4.91. The molecule has 0 aliphatic rings. The van der Waals surface area contributed by atoms with Gasteiger partial charge in [-0.15, -0.1) is 0 Å². The van der Waals surface area contributed by atoms with Gasteiger partial charge in [-0.25, -0.2) is 0 Å². The van der Waals surface area contributed by atoms with Crippen LogP contribution >= 0.6 is 0 Å². The van der Waals surface area contributed by atoms with E-state index in [1.807, 2.05) is 18.2 Å². The molecule has 1 rings (SSSR count). The third-order valence-corrected chi connectivity index (χ3v) is 2.77. The van der Waals surface area contributed by atoms with Crippen LogP contribution in [0.1, 0.15) is 32.8 Å². The van der Waals surface area contributed by atoms with Crippen LogP contribution in [0.3, 0.4) is 0 Å². The van der Waals surface area contributed by atoms with Gasteiger partial charge >= 0.3 is 0 Å². The number of rotatable bonds is 5. The van der Waals surface area contributed by atoms with E-state index in [-0.39, 0.29) is 0 Å². The highest BCUT2D eigenvalue weighted by atomic mass is 16.5. The van der Waals surface area contributed by atoms with Crippen molar-refractivity contribution in [3.05, 3.63) is 23.8 Å². The maximum Gasteiger partial charge on any atom is 0.128 e. The predicted octanol–water partition coefficient (Wildman–Crippen LogP) is 2.96. The molecule has 0 aliphatic heterocycles. The largest absolute Gasteiger partial charge is 0.496 e. The van der Waals surface area contributed by atoms with E-state index in [2.05, 4.69) is 13.8 Å². The van der Waals surface area contributed by atoms with E-state index in [1.54, 1.807) is 21.1 Å². The summed E-state index contributed by atoms with van der Waals surface area (Å²) in [6.07, 6.45) is 0.656. The second-order valence-corrected chi connectivity index (χ2v) is 4.91. The molecule has 17 heavy (non-hydrogen) atoms. The first-order valence-electron chi connectivity index (χ1n) is 5.86. The Morgan fingerprint density at radius 3 is 2.00 bits per heavy atom. The monoisotopic (exact) mass is 238 g/mol. The van der Waals surface area contributed by atoms with Crippen LogP contribution in [-0.4, -0.2) is 19.3 Å². The number of ether oxygens (including phenoxy) is 2. The summed E-state index contributed by atoms with van der Waals surface area (Å²) in [6.45, 7) is 5.96. The van der Waals surface area contributed by atoms with E-state index >= 15 is 0 Å². The van der Waals surface area contributed by atoms with E-state index in [9.17, 15) is 5.11 Å². The van der Waals surface area contributed by atoms with Gasteiger partial charge < -0.3 is 14.6 Å². The summed E-state index contributed by atoms with van der Waals surface area (Å²) < 4.78 is 10.6. The van der Waals surface area contributed by atoms with Gasteiger partial charge in [-0.2, -0.15) is 0 Å². The highest BCUT2D eigenvalue weighted by Gasteiger charge is 2.31. The van der Waals surface area contributed by atoms with Crippen molar-refractivity contribution in [1.29, 1.82) is 0 Å². The lowest BCUT2D eigenvalue weighted by Gasteiger charge is -2.29. The molecule has 0 saturated carbocycles. The zero-order valence-corrected chi connectivity index (χ0v) is 11.3. The average molecular weight is 238 g/mol. The summed E-state index contributed by atoms with van der Waals surface area (Å²) >= 11 is 0. The first kappa shape index (κ1) is 13.8. The molecule has 0 heterocycles. The molecule has 1 unspecified atom stereocenters. The maximum absolute atomic E-state index is 10.6. The van der Waals surface area contributed by atoms with Crippen molar-refractivity contribution in [2.45, 2.75) is 32.8 Å². The molecule has 0 bridgehead atoms. The van der Waals surface area contributed by atoms with Crippen LogP contribution < -0.4 is 9.47 Å². The summed E-state index contributed by atoms with van der Waals surface area (Å²) in [5, 5.41) is 10.6.